The summed E-state index contributed by atoms with van der Waals surface area (Å²) in [5.74, 6) is 2.57. The monoisotopic (exact) mass is 207 g/mol. The molecule has 15 heavy (non-hydrogen) atoms. The van der Waals surface area contributed by atoms with Gasteiger partial charge in [0.1, 0.15) is 0 Å². The van der Waals surface area contributed by atoms with Gasteiger partial charge in [-0.05, 0) is 43.9 Å². The summed E-state index contributed by atoms with van der Waals surface area (Å²) in [7, 11) is 0. The fraction of sp³-hybridized carbons (Fsp3) is 0.846. The molecule has 0 aromatic carbocycles. The molecule has 5 atom stereocenters. The zero-order valence-electron chi connectivity index (χ0n) is 9.49. The molecule has 0 aromatic heterocycles. The molecule has 1 aliphatic heterocycles. The fourth-order valence-electron chi connectivity index (χ4n) is 3.29. The van der Waals surface area contributed by atoms with E-state index < -0.39 is 0 Å². The van der Waals surface area contributed by atoms with E-state index >= 15 is 0 Å². The molecule has 84 valence electrons. The minimum atomic E-state index is 0.465. The minimum Gasteiger partial charge on any atom is -0.378 e. The second-order valence-corrected chi connectivity index (χ2v) is 5.38. The van der Waals surface area contributed by atoms with Crippen LogP contribution in [-0.2, 0) is 4.74 Å². The first-order chi connectivity index (χ1) is 7.34. The van der Waals surface area contributed by atoms with Crippen molar-refractivity contribution >= 4 is 0 Å². The zero-order valence-corrected chi connectivity index (χ0v) is 9.49. The third kappa shape index (κ3) is 1.74. The fourth-order valence-corrected chi connectivity index (χ4v) is 3.29. The van der Waals surface area contributed by atoms with Crippen LogP contribution in [0.15, 0.2) is 12.2 Å². The summed E-state index contributed by atoms with van der Waals surface area (Å²) in [6.07, 6.45) is 9.20. The molecular weight excluding hydrogens is 186 g/mol. The van der Waals surface area contributed by atoms with Gasteiger partial charge in [0, 0.05) is 19.2 Å². The van der Waals surface area contributed by atoms with Crippen LogP contribution < -0.4 is 5.32 Å². The van der Waals surface area contributed by atoms with E-state index in [-0.39, 0.29) is 0 Å². The Morgan fingerprint density at radius 1 is 1.47 bits per heavy atom. The average Bonchev–Trinajstić information content (AvgIpc) is 2.75. The van der Waals surface area contributed by atoms with E-state index in [9.17, 15) is 0 Å². The largest absolute Gasteiger partial charge is 0.378 e. The van der Waals surface area contributed by atoms with E-state index in [2.05, 4.69) is 24.4 Å². The Balaban J connectivity index is 1.45. The van der Waals surface area contributed by atoms with Gasteiger partial charge in [0.2, 0.25) is 0 Å². The predicted molar refractivity (Wildman–Crippen MR) is 60.7 cm³/mol. The Hall–Kier alpha value is -0.340. The van der Waals surface area contributed by atoms with Gasteiger partial charge in [-0.2, -0.15) is 0 Å². The molecule has 3 aliphatic rings. The molecule has 1 N–H and O–H groups in total. The van der Waals surface area contributed by atoms with Crippen molar-refractivity contribution in [1.29, 1.82) is 0 Å². The number of ether oxygens (including phenoxy) is 1. The van der Waals surface area contributed by atoms with Crippen LogP contribution >= 0.6 is 0 Å². The van der Waals surface area contributed by atoms with Crippen molar-refractivity contribution in [2.45, 2.75) is 38.3 Å². The van der Waals surface area contributed by atoms with Crippen LogP contribution in [0.4, 0.5) is 0 Å². The SMILES string of the molecule is CC1OCCC1CNC1CC2CC=CC21. The number of hydrogen-bond donors (Lipinski definition) is 1. The highest BCUT2D eigenvalue weighted by atomic mass is 16.5. The maximum absolute atomic E-state index is 5.58. The average molecular weight is 207 g/mol. The summed E-state index contributed by atoms with van der Waals surface area (Å²) in [6.45, 7) is 4.32. The van der Waals surface area contributed by atoms with E-state index in [0.29, 0.717) is 6.10 Å². The Kier molecular flexibility index (Phi) is 2.57. The molecule has 2 aliphatic carbocycles. The van der Waals surface area contributed by atoms with E-state index in [1.807, 2.05) is 0 Å². The third-order valence-corrected chi connectivity index (χ3v) is 4.54. The highest BCUT2D eigenvalue weighted by molar-refractivity contribution is 5.12. The first-order valence-electron chi connectivity index (χ1n) is 6.36. The van der Waals surface area contributed by atoms with Crippen molar-refractivity contribution in [2.24, 2.45) is 17.8 Å². The zero-order chi connectivity index (χ0) is 10.3. The van der Waals surface area contributed by atoms with Crippen LogP contribution in [0.25, 0.3) is 0 Å². The molecular formula is C13H21NO. The number of hydrogen-bond acceptors (Lipinski definition) is 2. The van der Waals surface area contributed by atoms with Crippen molar-refractivity contribution in [3.8, 4) is 0 Å². The second kappa shape index (κ2) is 3.91. The summed E-state index contributed by atoms with van der Waals surface area (Å²) in [5.41, 5.74) is 0. The van der Waals surface area contributed by atoms with Crippen LogP contribution in [0, 0.1) is 17.8 Å². The highest BCUT2D eigenvalue weighted by Gasteiger charge is 2.41. The normalized spacial score (nSPS) is 47.9. The molecule has 0 spiro atoms. The summed E-state index contributed by atoms with van der Waals surface area (Å²) >= 11 is 0. The lowest BCUT2D eigenvalue weighted by Gasteiger charge is -2.41. The molecule has 0 aromatic rings. The van der Waals surface area contributed by atoms with Crippen LogP contribution in [0.2, 0.25) is 0 Å². The lowest BCUT2D eigenvalue weighted by Crippen LogP contribution is -2.49. The molecule has 1 saturated carbocycles. The number of fused-ring (bicyclic) bond motifs is 1. The maximum Gasteiger partial charge on any atom is 0.0588 e. The van der Waals surface area contributed by atoms with Gasteiger partial charge in [0.05, 0.1) is 6.10 Å². The second-order valence-electron chi connectivity index (χ2n) is 5.38. The van der Waals surface area contributed by atoms with Crippen molar-refractivity contribution in [3.05, 3.63) is 12.2 Å². The quantitative estimate of drug-likeness (QED) is 0.714. The summed E-state index contributed by atoms with van der Waals surface area (Å²) < 4.78 is 5.58. The van der Waals surface area contributed by atoms with Gasteiger partial charge in [0.15, 0.2) is 0 Å². The Morgan fingerprint density at radius 3 is 3.13 bits per heavy atom. The standard InChI is InChI=1S/C13H21NO/c1-9-11(5-6-15-9)8-14-13-7-10-3-2-4-12(10)13/h2,4,9-14H,3,5-8H2,1H3. The molecule has 2 heteroatoms. The molecule has 1 saturated heterocycles. The topological polar surface area (TPSA) is 21.3 Å². The molecule has 0 radical (unpaired) electrons. The molecule has 0 bridgehead atoms. The first kappa shape index (κ1) is 9.86. The van der Waals surface area contributed by atoms with E-state index in [4.69, 9.17) is 4.74 Å². The van der Waals surface area contributed by atoms with Gasteiger partial charge in [-0.1, -0.05) is 12.2 Å². The van der Waals surface area contributed by atoms with Gasteiger partial charge in [-0.25, -0.2) is 0 Å². The van der Waals surface area contributed by atoms with Crippen molar-refractivity contribution in [1.82, 2.24) is 5.32 Å². The molecule has 5 unspecified atom stereocenters. The molecule has 3 rings (SSSR count). The van der Waals surface area contributed by atoms with Crippen LogP contribution in [0.1, 0.15) is 26.2 Å². The van der Waals surface area contributed by atoms with E-state index in [1.165, 1.54) is 19.3 Å². The summed E-state index contributed by atoms with van der Waals surface area (Å²) in [6, 6.07) is 0.765. The third-order valence-electron chi connectivity index (χ3n) is 4.54. The molecule has 2 fully saturated rings. The van der Waals surface area contributed by atoms with Gasteiger partial charge >= 0.3 is 0 Å². The lowest BCUT2D eigenvalue weighted by atomic mass is 9.71. The number of rotatable bonds is 3. The van der Waals surface area contributed by atoms with Crippen molar-refractivity contribution in [3.63, 3.8) is 0 Å². The smallest absolute Gasteiger partial charge is 0.0588 e. The number of allylic oxidation sites excluding steroid dienone is 1. The van der Waals surface area contributed by atoms with Crippen LogP contribution in [0.3, 0.4) is 0 Å². The van der Waals surface area contributed by atoms with Crippen LogP contribution in [0.5, 0.6) is 0 Å². The van der Waals surface area contributed by atoms with Gasteiger partial charge in [-0.15, -0.1) is 0 Å². The predicted octanol–water partition coefficient (Wildman–Crippen LogP) is 1.97. The van der Waals surface area contributed by atoms with Gasteiger partial charge in [-0.3, -0.25) is 0 Å². The van der Waals surface area contributed by atoms with Gasteiger partial charge in [0.25, 0.3) is 0 Å². The van der Waals surface area contributed by atoms with Gasteiger partial charge < -0.3 is 10.1 Å². The Bertz CT molecular complexity index is 263. The number of nitrogens with one attached hydrogen (secondary N) is 1. The molecule has 1 heterocycles. The Morgan fingerprint density at radius 2 is 2.40 bits per heavy atom. The van der Waals surface area contributed by atoms with Crippen LogP contribution in [-0.4, -0.2) is 25.3 Å². The molecule has 2 nitrogen and oxygen atoms in total. The first-order valence-corrected chi connectivity index (χ1v) is 6.36. The molecule has 0 amide bonds. The maximum atomic E-state index is 5.58. The minimum absolute atomic E-state index is 0.465. The summed E-state index contributed by atoms with van der Waals surface area (Å²) in [5, 5.41) is 3.73. The Labute approximate surface area is 92.1 Å². The van der Waals surface area contributed by atoms with E-state index in [1.54, 1.807) is 0 Å². The van der Waals surface area contributed by atoms with Crippen molar-refractivity contribution in [2.75, 3.05) is 13.2 Å². The van der Waals surface area contributed by atoms with E-state index in [0.717, 1.165) is 36.9 Å². The highest BCUT2D eigenvalue weighted by Crippen LogP contribution is 2.42. The lowest BCUT2D eigenvalue weighted by molar-refractivity contribution is 0.0983. The summed E-state index contributed by atoms with van der Waals surface area (Å²) in [4.78, 5) is 0. The van der Waals surface area contributed by atoms with Crippen molar-refractivity contribution < 1.29 is 4.74 Å².